The van der Waals surface area contributed by atoms with Crippen LogP contribution in [-0.4, -0.2) is 15.1 Å². The average Bonchev–Trinajstić information content (AvgIpc) is 3.14. The van der Waals surface area contributed by atoms with Crippen molar-refractivity contribution in [1.29, 1.82) is 5.26 Å². The molecule has 3 aromatic rings. The Labute approximate surface area is 140 Å². The first-order valence-electron chi connectivity index (χ1n) is 7.10. The minimum absolute atomic E-state index is 0.00988. The van der Waals surface area contributed by atoms with Crippen LogP contribution in [0.3, 0.4) is 0 Å². The molecule has 0 atom stereocenters. The average molecular weight is 343 g/mol. The van der Waals surface area contributed by atoms with Crippen molar-refractivity contribution in [3.63, 3.8) is 0 Å². The van der Waals surface area contributed by atoms with E-state index in [1.54, 1.807) is 19.9 Å². The quantitative estimate of drug-likeness (QED) is 0.566. The molecule has 0 saturated heterocycles. The number of halogens is 2. The zero-order chi connectivity index (χ0) is 18.1. The highest BCUT2D eigenvalue weighted by Crippen LogP contribution is 2.30. The van der Waals surface area contributed by atoms with E-state index in [1.165, 1.54) is 6.07 Å². The number of oxazole rings is 2. The van der Waals surface area contributed by atoms with Gasteiger partial charge in [0.2, 0.25) is 5.89 Å². The molecule has 0 aliphatic heterocycles. The van der Waals surface area contributed by atoms with Gasteiger partial charge in [-0.2, -0.15) is 5.26 Å². The maximum absolute atomic E-state index is 13.8. The molecule has 1 aromatic carbocycles. The van der Waals surface area contributed by atoms with Gasteiger partial charge in [0.25, 0.3) is 0 Å². The Morgan fingerprint density at radius 2 is 1.88 bits per heavy atom. The topological polar surface area (TPSA) is 96.1 Å². The lowest BCUT2D eigenvalue weighted by Gasteiger charge is -2.00. The SMILES string of the molecule is Cc1nc(C)c(C(O)=C(C#N)c2coc(-c3c(F)cccc3F)n2)o1. The van der Waals surface area contributed by atoms with Gasteiger partial charge in [-0.25, -0.2) is 18.7 Å². The molecule has 1 N–H and O–H groups in total. The third-order valence-corrected chi connectivity index (χ3v) is 3.40. The number of aliphatic hydroxyl groups excluding tert-OH is 1. The van der Waals surface area contributed by atoms with Crippen LogP contribution in [0.15, 0.2) is 33.3 Å². The second kappa shape index (κ2) is 6.20. The summed E-state index contributed by atoms with van der Waals surface area (Å²) in [6.45, 7) is 3.19. The van der Waals surface area contributed by atoms with Crippen LogP contribution in [-0.2, 0) is 0 Å². The standard InChI is InChI=1S/C17H11F2N3O3/c1-8-16(25-9(2)21-8)15(23)10(6-20)13-7-24-17(22-13)14-11(18)4-3-5-12(14)19/h3-5,7,23H,1-2H3. The van der Waals surface area contributed by atoms with Gasteiger partial charge in [0, 0.05) is 6.92 Å². The van der Waals surface area contributed by atoms with Crippen LogP contribution < -0.4 is 0 Å². The first kappa shape index (κ1) is 16.4. The van der Waals surface area contributed by atoms with E-state index in [9.17, 15) is 19.1 Å². The van der Waals surface area contributed by atoms with Gasteiger partial charge < -0.3 is 13.9 Å². The van der Waals surface area contributed by atoms with E-state index in [4.69, 9.17) is 8.83 Å². The van der Waals surface area contributed by atoms with Crippen LogP contribution in [0.4, 0.5) is 8.78 Å². The molecule has 25 heavy (non-hydrogen) atoms. The number of nitrogens with zero attached hydrogens (tertiary/aromatic N) is 3. The molecule has 0 fully saturated rings. The minimum Gasteiger partial charge on any atom is -0.503 e. The molecule has 2 aromatic heterocycles. The van der Waals surface area contributed by atoms with Crippen LogP contribution in [0.25, 0.3) is 22.8 Å². The fraction of sp³-hybridized carbons (Fsp3) is 0.118. The fourth-order valence-electron chi connectivity index (χ4n) is 2.30. The van der Waals surface area contributed by atoms with Crippen molar-refractivity contribution in [1.82, 2.24) is 9.97 Å². The van der Waals surface area contributed by atoms with Crippen LogP contribution in [0.1, 0.15) is 23.0 Å². The normalized spacial score (nSPS) is 12.0. The third-order valence-electron chi connectivity index (χ3n) is 3.40. The summed E-state index contributed by atoms with van der Waals surface area (Å²) in [4.78, 5) is 7.91. The number of hydrogen-bond acceptors (Lipinski definition) is 6. The maximum atomic E-state index is 13.8. The van der Waals surface area contributed by atoms with Gasteiger partial charge in [0.15, 0.2) is 17.4 Å². The van der Waals surface area contributed by atoms with Gasteiger partial charge in [-0.1, -0.05) is 6.07 Å². The fourth-order valence-corrected chi connectivity index (χ4v) is 2.30. The van der Waals surface area contributed by atoms with Crippen molar-refractivity contribution in [2.75, 3.05) is 0 Å². The minimum atomic E-state index is -0.859. The Bertz CT molecular complexity index is 1010. The Hall–Kier alpha value is -3.47. The van der Waals surface area contributed by atoms with Gasteiger partial charge in [-0.15, -0.1) is 0 Å². The summed E-state index contributed by atoms with van der Waals surface area (Å²) in [6.07, 6.45) is 1.02. The summed E-state index contributed by atoms with van der Waals surface area (Å²) in [5, 5.41) is 19.6. The van der Waals surface area contributed by atoms with E-state index in [0.717, 1.165) is 18.4 Å². The highest BCUT2D eigenvalue weighted by atomic mass is 19.1. The van der Waals surface area contributed by atoms with Gasteiger partial charge in [0.1, 0.15) is 40.8 Å². The molecule has 8 heteroatoms. The first-order valence-corrected chi connectivity index (χ1v) is 7.10. The molecule has 0 amide bonds. The number of rotatable bonds is 3. The number of benzene rings is 1. The molecular weight excluding hydrogens is 332 g/mol. The van der Waals surface area contributed by atoms with Gasteiger partial charge in [-0.05, 0) is 19.1 Å². The Morgan fingerprint density at radius 1 is 1.20 bits per heavy atom. The number of hydrogen-bond donors (Lipinski definition) is 1. The monoisotopic (exact) mass is 343 g/mol. The molecule has 6 nitrogen and oxygen atoms in total. The predicted molar refractivity (Wildman–Crippen MR) is 82.9 cm³/mol. The van der Waals surface area contributed by atoms with Gasteiger partial charge >= 0.3 is 0 Å². The molecule has 3 rings (SSSR count). The zero-order valence-electron chi connectivity index (χ0n) is 13.2. The summed E-state index contributed by atoms with van der Waals surface area (Å²) in [5.41, 5.74) is -0.444. The van der Waals surface area contributed by atoms with E-state index in [2.05, 4.69) is 9.97 Å². The van der Waals surface area contributed by atoms with Gasteiger partial charge in [0.05, 0.1) is 5.69 Å². The predicted octanol–water partition coefficient (Wildman–Crippen LogP) is 4.17. The lowest BCUT2D eigenvalue weighted by molar-refractivity contribution is 0.445. The van der Waals surface area contributed by atoms with Gasteiger partial charge in [-0.3, -0.25) is 0 Å². The van der Waals surface area contributed by atoms with Crippen LogP contribution in [0.2, 0.25) is 0 Å². The van der Waals surface area contributed by atoms with Crippen molar-refractivity contribution in [3.05, 3.63) is 59.1 Å². The number of aliphatic hydroxyl groups is 1. The van der Waals surface area contributed by atoms with Crippen LogP contribution in [0, 0.1) is 36.8 Å². The number of aryl methyl sites for hydroxylation is 2. The molecule has 0 aliphatic rings. The maximum Gasteiger partial charge on any atom is 0.232 e. The van der Waals surface area contributed by atoms with Crippen LogP contribution >= 0.6 is 0 Å². The van der Waals surface area contributed by atoms with Crippen molar-refractivity contribution in [2.24, 2.45) is 0 Å². The van der Waals surface area contributed by atoms with Crippen molar-refractivity contribution in [2.45, 2.75) is 13.8 Å². The van der Waals surface area contributed by atoms with E-state index in [0.29, 0.717) is 11.6 Å². The summed E-state index contributed by atoms with van der Waals surface area (Å²) >= 11 is 0. The smallest absolute Gasteiger partial charge is 0.232 e. The molecule has 0 aliphatic carbocycles. The molecule has 2 heterocycles. The van der Waals surface area contributed by atoms with Crippen molar-refractivity contribution < 1.29 is 22.7 Å². The molecule has 0 spiro atoms. The van der Waals surface area contributed by atoms with E-state index in [-0.39, 0.29) is 22.9 Å². The summed E-state index contributed by atoms with van der Waals surface area (Å²) in [5.74, 6) is -2.24. The Balaban J connectivity index is 2.10. The largest absolute Gasteiger partial charge is 0.503 e. The number of aromatic nitrogens is 2. The second-order valence-electron chi connectivity index (χ2n) is 5.12. The second-order valence-corrected chi connectivity index (χ2v) is 5.12. The third kappa shape index (κ3) is 2.87. The van der Waals surface area contributed by atoms with Crippen molar-refractivity contribution in [3.8, 4) is 17.5 Å². The number of allylic oxidation sites excluding steroid dienone is 1. The summed E-state index contributed by atoms with van der Waals surface area (Å²) in [6, 6.07) is 5.10. The molecule has 0 unspecified atom stereocenters. The lowest BCUT2D eigenvalue weighted by atomic mass is 10.1. The van der Waals surface area contributed by atoms with E-state index in [1.807, 2.05) is 0 Å². The lowest BCUT2D eigenvalue weighted by Crippen LogP contribution is -1.93. The van der Waals surface area contributed by atoms with Crippen LogP contribution in [0.5, 0.6) is 0 Å². The first-order chi connectivity index (χ1) is 11.9. The zero-order valence-corrected chi connectivity index (χ0v) is 13.2. The molecule has 0 bridgehead atoms. The molecule has 126 valence electrons. The summed E-state index contributed by atoms with van der Waals surface area (Å²) < 4.78 is 38.0. The Morgan fingerprint density at radius 3 is 2.44 bits per heavy atom. The van der Waals surface area contributed by atoms with E-state index < -0.39 is 23.0 Å². The van der Waals surface area contributed by atoms with E-state index >= 15 is 0 Å². The highest BCUT2D eigenvalue weighted by molar-refractivity contribution is 5.92. The highest BCUT2D eigenvalue weighted by Gasteiger charge is 2.22. The molecule has 0 radical (unpaired) electrons. The number of nitriles is 1. The molecular formula is C17H11F2N3O3. The molecule has 0 saturated carbocycles. The summed E-state index contributed by atoms with van der Waals surface area (Å²) in [7, 11) is 0. The Kier molecular flexibility index (Phi) is 4.07. The van der Waals surface area contributed by atoms with Crippen molar-refractivity contribution >= 4 is 11.3 Å².